The Labute approximate surface area is 173 Å². The number of nitrogens with one attached hydrogen (secondary N) is 1. The summed E-state index contributed by atoms with van der Waals surface area (Å²) in [4.78, 5) is 32.9. The molecule has 9 nitrogen and oxygen atoms in total. The molecule has 3 atom stereocenters. The van der Waals surface area contributed by atoms with E-state index in [0.29, 0.717) is 0 Å². The Morgan fingerprint density at radius 1 is 0.967 bits per heavy atom. The van der Waals surface area contributed by atoms with Crippen molar-refractivity contribution in [1.29, 1.82) is 0 Å². The molecule has 0 amide bonds. The molecule has 11 heteroatoms. The summed E-state index contributed by atoms with van der Waals surface area (Å²) in [5.74, 6) is -5.69. The molecule has 0 radical (unpaired) electrons. The van der Waals surface area contributed by atoms with E-state index in [9.17, 15) is 32.6 Å². The van der Waals surface area contributed by atoms with Crippen molar-refractivity contribution in [3.63, 3.8) is 0 Å². The van der Waals surface area contributed by atoms with Gasteiger partial charge in [-0.1, -0.05) is 48.5 Å². The molecule has 0 aliphatic rings. The van der Waals surface area contributed by atoms with Gasteiger partial charge in [0.25, 0.3) is 0 Å². The van der Waals surface area contributed by atoms with Crippen molar-refractivity contribution in [2.24, 2.45) is 5.92 Å². The van der Waals surface area contributed by atoms with E-state index in [1.807, 2.05) is 0 Å². The van der Waals surface area contributed by atoms with Gasteiger partial charge in [0.1, 0.15) is 5.78 Å². The van der Waals surface area contributed by atoms with Crippen molar-refractivity contribution >= 4 is 29.3 Å². The number of sulfonamides is 1. The number of carboxylic acids is 2. The summed E-state index contributed by atoms with van der Waals surface area (Å²) in [6, 6.07) is 14.9. The molecule has 0 saturated carbocycles. The maximum atomic E-state index is 13.2. The predicted octanol–water partition coefficient (Wildman–Crippen LogP) is 2.50. The highest BCUT2D eigenvalue weighted by Crippen LogP contribution is 2.56. The van der Waals surface area contributed by atoms with Gasteiger partial charge in [0.15, 0.2) is 0 Å². The van der Waals surface area contributed by atoms with E-state index in [1.54, 1.807) is 24.3 Å². The largest absolute Gasteiger partial charge is 0.481 e. The predicted molar refractivity (Wildman–Crippen MR) is 109 cm³/mol. The molecule has 2 aromatic carbocycles. The third kappa shape index (κ3) is 6.50. The molecule has 0 aromatic heterocycles. The van der Waals surface area contributed by atoms with Gasteiger partial charge in [0, 0.05) is 12.6 Å². The number of hydrogen-bond donors (Lipinski definition) is 4. The Bertz CT molecular complexity index is 1030. The highest BCUT2D eigenvalue weighted by Gasteiger charge is 2.39. The lowest BCUT2D eigenvalue weighted by atomic mass is 10.1. The molecule has 0 spiro atoms. The lowest BCUT2D eigenvalue weighted by molar-refractivity contribution is -0.142. The Morgan fingerprint density at radius 2 is 1.50 bits per heavy atom. The van der Waals surface area contributed by atoms with Crippen molar-refractivity contribution in [2.45, 2.75) is 23.5 Å². The third-order valence-electron chi connectivity index (χ3n) is 4.38. The van der Waals surface area contributed by atoms with Crippen molar-refractivity contribution < 1.29 is 37.7 Å². The van der Waals surface area contributed by atoms with Crippen molar-refractivity contribution in [3.05, 3.63) is 66.2 Å². The molecule has 4 N–H and O–H groups in total. The zero-order chi connectivity index (χ0) is 22.4. The number of aliphatic carboxylic acids is 2. The van der Waals surface area contributed by atoms with Crippen LogP contribution in [0.15, 0.2) is 65.6 Å². The topological polar surface area (TPSA) is 158 Å². The fraction of sp³-hybridized carbons (Fsp3) is 0.263. The van der Waals surface area contributed by atoms with Crippen LogP contribution in [0.3, 0.4) is 0 Å². The van der Waals surface area contributed by atoms with Crippen LogP contribution in [0.5, 0.6) is 0 Å². The van der Waals surface area contributed by atoms with Gasteiger partial charge in [0.05, 0.1) is 10.8 Å². The van der Waals surface area contributed by atoms with E-state index >= 15 is 0 Å². The molecule has 0 bridgehead atoms. The minimum atomic E-state index is -4.48. The second kappa shape index (κ2) is 9.99. The molecule has 0 aliphatic carbocycles. The van der Waals surface area contributed by atoms with Gasteiger partial charge in [-0.3, -0.25) is 14.2 Å². The van der Waals surface area contributed by atoms with Gasteiger partial charge in [-0.2, -0.15) is 4.72 Å². The average molecular weight is 455 g/mol. The quantitative estimate of drug-likeness (QED) is 0.376. The van der Waals surface area contributed by atoms with Gasteiger partial charge in [0.2, 0.25) is 17.4 Å². The number of carbonyl (C=O) groups is 2. The zero-order valence-electron chi connectivity index (χ0n) is 15.8. The number of rotatable bonds is 11. The first kappa shape index (κ1) is 23.8. The van der Waals surface area contributed by atoms with E-state index in [1.165, 1.54) is 36.4 Å². The van der Waals surface area contributed by atoms with Crippen LogP contribution in [0.4, 0.5) is 0 Å². The number of hydrogen-bond acceptors (Lipinski definition) is 5. The SMILES string of the molecule is O=C(O)CCC(CP(=O)(O)C(NS(=O)(=O)c1ccccc1)c1ccccc1)C(=O)O. The van der Waals surface area contributed by atoms with Crippen molar-refractivity contribution in [3.8, 4) is 0 Å². The maximum Gasteiger partial charge on any atom is 0.307 e. The van der Waals surface area contributed by atoms with Crippen molar-refractivity contribution in [2.75, 3.05) is 6.16 Å². The minimum absolute atomic E-state index is 0.119. The molecular formula is C19H22NO8PS. The molecule has 30 heavy (non-hydrogen) atoms. The van der Waals surface area contributed by atoms with Crippen LogP contribution in [0.1, 0.15) is 24.2 Å². The van der Waals surface area contributed by atoms with Crippen LogP contribution in [-0.4, -0.2) is 41.6 Å². The molecule has 3 unspecified atom stereocenters. The summed E-state index contributed by atoms with van der Waals surface area (Å²) in [5, 5.41) is 18.1. The van der Waals surface area contributed by atoms with E-state index in [4.69, 9.17) is 5.11 Å². The van der Waals surface area contributed by atoms with Gasteiger partial charge < -0.3 is 15.1 Å². The first-order chi connectivity index (χ1) is 14.0. The first-order valence-electron chi connectivity index (χ1n) is 8.91. The molecule has 162 valence electrons. The van der Waals surface area contributed by atoms with E-state index in [2.05, 4.69) is 4.72 Å². The Hall–Kier alpha value is -2.52. The standard InChI is InChI=1S/C19H22NO8PS/c21-17(22)12-11-15(19(23)24)13-29(25,26)18(14-7-3-1-4-8-14)20-30(27,28)16-9-5-2-6-10-16/h1-10,15,18,20H,11-13H2,(H,21,22)(H,23,24)(H,25,26). The second-order valence-corrected chi connectivity index (χ2v) is 10.8. The molecular weight excluding hydrogens is 433 g/mol. The number of benzene rings is 2. The summed E-state index contributed by atoms with van der Waals surface area (Å²) in [6.45, 7) is 0. The second-order valence-electron chi connectivity index (χ2n) is 6.65. The number of carboxylic acid groups (broad SMARTS) is 2. The molecule has 0 heterocycles. The highest BCUT2D eigenvalue weighted by molar-refractivity contribution is 7.89. The van der Waals surface area contributed by atoms with E-state index in [0.717, 1.165) is 0 Å². The van der Waals surface area contributed by atoms with Gasteiger partial charge in [-0.05, 0) is 24.1 Å². The van der Waals surface area contributed by atoms with Gasteiger partial charge in [-0.25, -0.2) is 8.42 Å². The normalized spacial score (nSPS) is 15.6. The lowest BCUT2D eigenvalue weighted by Gasteiger charge is -2.26. The fourth-order valence-electron chi connectivity index (χ4n) is 2.85. The molecule has 0 fully saturated rings. The summed E-state index contributed by atoms with van der Waals surface area (Å²) in [5.41, 5.74) is 0.185. The highest BCUT2D eigenvalue weighted by atomic mass is 32.2. The molecule has 2 aromatic rings. The van der Waals surface area contributed by atoms with Crippen LogP contribution in [0.25, 0.3) is 0 Å². The average Bonchev–Trinajstić information content (AvgIpc) is 2.70. The zero-order valence-corrected chi connectivity index (χ0v) is 17.5. The van der Waals surface area contributed by atoms with Crippen LogP contribution in [0, 0.1) is 5.92 Å². The summed E-state index contributed by atoms with van der Waals surface area (Å²) < 4.78 is 40.9. The first-order valence-corrected chi connectivity index (χ1v) is 12.3. The molecule has 0 saturated heterocycles. The molecule has 0 aliphatic heterocycles. The van der Waals surface area contributed by atoms with Crippen LogP contribution >= 0.6 is 7.37 Å². The van der Waals surface area contributed by atoms with E-state index in [-0.39, 0.29) is 16.9 Å². The fourth-order valence-corrected chi connectivity index (χ4v) is 6.82. The maximum absolute atomic E-state index is 13.2. The van der Waals surface area contributed by atoms with Gasteiger partial charge in [-0.15, -0.1) is 0 Å². The summed E-state index contributed by atoms with van der Waals surface area (Å²) in [7, 11) is -8.67. The lowest BCUT2D eigenvalue weighted by Crippen LogP contribution is -2.31. The minimum Gasteiger partial charge on any atom is -0.481 e. The van der Waals surface area contributed by atoms with Crippen LogP contribution in [-0.2, 0) is 24.2 Å². The van der Waals surface area contributed by atoms with Gasteiger partial charge >= 0.3 is 11.9 Å². The third-order valence-corrected chi connectivity index (χ3v) is 8.19. The van der Waals surface area contributed by atoms with Crippen molar-refractivity contribution in [1.82, 2.24) is 4.72 Å². The Balaban J connectivity index is 2.40. The van der Waals surface area contributed by atoms with Crippen LogP contribution in [0.2, 0.25) is 0 Å². The molecule has 2 rings (SSSR count). The smallest absolute Gasteiger partial charge is 0.307 e. The monoisotopic (exact) mass is 455 g/mol. The summed E-state index contributed by atoms with van der Waals surface area (Å²) >= 11 is 0. The Kier molecular flexibility index (Phi) is 7.91. The van der Waals surface area contributed by atoms with E-state index < -0.39 is 53.6 Å². The summed E-state index contributed by atoms with van der Waals surface area (Å²) in [6.07, 6.45) is -1.64. The van der Waals surface area contributed by atoms with Crippen LogP contribution < -0.4 is 4.72 Å². The Morgan fingerprint density at radius 3 is 2.00 bits per heavy atom.